The second kappa shape index (κ2) is 7.14. The topological polar surface area (TPSA) is 110 Å². The number of amides is 1. The van der Waals surface area contributed by atoms with Crippen molar-refractivity contribution in [1.82, 2.24) is 9.21 Å². The predicted octanol–water partition coefficient (Wildman–Crippen LogP) is 0.386. The zero-order valence-electron chi connectivity index (χ0n) is 13.5. The highest BCUT2D eigenvalue weighted by atomic mass is 32.2. The first-order valence-electron chi connectivity index (χ1n) is 7.29. The van der Waals surface area contributed by atoms with E-state index in [0.29, 0.717) is 0 Å². The molecule has 1 aromatic rings. The van der Waals surface area contributed by atoms with Gasteiger partial charge in [0.05, 0.1) is 11.2 Å². The van der Waals surface area contributed by atoms with Gasteiger partial charge in [-0.2, -0.15) is 4.31 Å². The van der Waals surface area contributed by atoms with Gasteiger partial charge < -0.3 is 9.64 Å². The van der Waals surface area contributed by atoms with Crippen LogP contribution in [-0.4, -0.2) is 67.5 Å². The number of nitro groups is 1. The Morgan fingerprint density at radius 1 is 1.29 bits per heavy atom. The van der Waals surface area contributed by atoms with Gasteiger partial charge >= 0.3 is 5.69 Å². The van der Waals surface area contributed by atoms with Gasteiger partial charge in [-0.05, 0) is 18.6 Å². The molecule has 0 spiro atoms. The molecule has 1 saturated heterocycles. The predicted molar refractivity (Wildman–Crippen MR) is 86.3 cm³/mol. The first-order valence-corrected chi connectivity index (χ1v) is 9.14. The average molecular weight is 357 g/mol. The number of carbonyl (C=O) groups excluding carboxylic acids is 1. The fourth-order valence-corrected chi connectivity index (χ4v) is 3.22. The molecular weight excluding hydrogens is 338 g/mol. The van der Waals surface area contributed by atoms with Crippen molar-refractivity contribution in [2.45, 2.75) is 6.92 Å². The summed E-state index contributed by atoms with van der Waals surface area (Å²) in [4.78, 5) is 24.1. The Kier molecular flexibility index (Phi) is 5.40. The maximum atomic E-state index is 12.1. The lowest BCUT2D eigenvalue weighted by Crippen LogP contribution is -2.51. The second-order valence-corrected chi connectivity index (χ2v) is 7.54. The molecule has 132 valence electrons. The summed E-state index contributed by atoms with van der Waals surface area (Å²) in [5.41, 5.74) is 0.530. The fourth-order valence-electron chi connectivity index (χ4n) is 2.39. The van der Waals surface area contributed by atoms with E-state index >= 15 is 0 Å². The molecule has 0 aliphatic carbocycles. The minimum atomic E-state index is -3.26. The molecule has 0 N–H and O–H groups in total. The number of hydrogen-bond acceptors (Lipinski definition) is 6. The quantitative estimate of drug-likeness (QED) is 0.557. The molecule has 24 heavy (non-hydrogen) atoms. The Morgan fingerprint density at radius 2 is 1.92 bits per heavy atom. The normalized spacial score (nSPS) is 16.0. The molecule has 0 radical (unpaired) electrons. The highest BCUT2D eigenvalue weighted by Crippen LogP contribution is 2.27. The molecule has 0 unspecified atom stereocenters. The second-order valence-electron chi connectivity index (χ2n) is 5.56. The third kappa shape index (κ3) is 4.42. The zero-order chi connectivity index (χ0) is 17.9. The smallest absolute Gasteiger partial charge is 0.311 e. The molecule has 9 nitrogen and oxygen atoms in total. The van der Waals surface area contributed by atoms with Crippen LogP contribution in [0.2, 0.25) is 0 Å². The third-order valence-electron chi connectivity index (χ3n) is 3.72. The van der Waals surface area contributed by atoms with E-state index < -0.39 is 14.9 Å². The number of ether oxygens (including phenoxy) is 1. The Bertz CT molecular complexity index is 741. The van der Waals surface area contributed by atoms with Crippen LogP contribution in [-0.2, 0) is 14.8 Å². The van der Waals surface area contributed by atoms with E-state index in [4.69, 9.17) is 4.74 Å². The number of benzene rings is 1. The summed E-state index contributed by atoms with van der Waals surface area (Å²) in [5, 5.41) is 11.0. The molecule has 1 amide bonds. The van der Waals surface area contributed by atoms with Crippen molar-refractivity contribution >= 4 is 21.6 Å². The van der Waals surface area contributed by atoms with E-state index in [1.165, 1.54) is 21.3 Å². The van der Waals surface area contributed by atoms with E-state index in [1.807, 2.05) is 0 Å². The van der Waals surface area contributed by atoms with E-state index in [0.717, 1.165) is 11.8 Å². The van der Waals surface area contributed by atoms with Gasteiger partial charge in [-0.15, -0.1) is 0 Å². The van der Waals surface area contributed by atoms with Crippen molar-refractivity contribution in [3.63, 3.8) is 0 Å². The van der Waals surface area contributed by atoms with Crippen LogP contribution in [0.3, 0.4) is 0 Å². The number of aryl methyl sites for hydroxylation is 1. The Hall–Kier alpha value is -2.20. The molecule has 2 rings (SSSR count). The Morgan fingerprint density at radius 3 is 2.46 bits per heavy atom. The molecule has 1 aromatic carbocycles. The average Bonchev–Trinajstić information content (AvgIpc) is 2.52. The van der Waals surface area contributed by atoms with Crippen molar-refractivity contribution in [2.75, 3.05) is 39.0 Å². The van der Waals surface area contributed by atoms with Crippen LogP contribution < -0.4 is 4.74 Å². The number of rotatable bonds is 5. The van der Waals surface area contributed by atoms with Crippen LogP contribution in [0.4, 0.5) is 5.69 Å². The van der Waals surface area contributed by atoms with Gasteiger partial charge in [-0.3, -0.25) is 14.9 Å². The molecule has 1 heterocycles. The van der Waals surface area contributed by atoms with Crippen molar-refractivity contribution in [3.05, 3.63) is 33.9 Å². The maximum Gasteiger partial charge on any atom is 0.311 e. The Labute approximate surface area is 140 Å². The number of nitrogens with zero attached hydrogens (tertiary/aromatic N) is 3. The summed E-state index contributed by atoms with van der Waals surface area (Å²) in [6.45, 7) is 2.40. The van der Waals surface area contributed by atoms with Crippen molar-refractivity contribution < 1.29 is 22.9 Å². The number of nitro benzene ring substituents is 1. The lowest BCUT2D eigenvalue weighted by atomic mass is 10.2. The van der Waals surface area contributed by atoms with Gasteiger partial charge in [-0.1, -0.05) is 6.07 Å². The molecule has 1 aliphatic heterocycles. The standard InChI is InChI=1S/C14H19N3O6S/c1-11-3-4-13(12(9-11)17(19)20)23-10-14(18)15-5-7-16(8-6-15)24(2,21)22/h3-4,9H,5-8,10H2,1-2H3. The minimum Gasteiger partial charge on any atom is -0.477 e. The first-order chi connectivity index (χ1) is 11.2. The first kappa shape index (κ1) is 18.1. The number of piperazine rings is 1. The third-order valence-corrected chi connectivity index (χ3v) is 5.03. The van der Waals surface area contributed by atoms with E-state index in [-0.39, 0.29) is 50.1 Å². The minimum absolute atomic E-state index is 0.0359. The van der Waals surface area contributed by atoms with Gasteiger partial charge in [0, 0.05) is 32.2 Å². The van der Waals surface area contributed by atoms with E-state index in [9.17, 15) is 23.3 Å². The molecular formula is C14H19N3O6S. The summed E-state index contributed by atoms with van der Waals surface area (Å²) in [6.07, 6.45) is 1.13. The van der Waals surface area contributed by atoms with Crippen molar-refractivity contribution in [2.24, 2.45) is 0 Å². The zero-order valence-corrected chi connectivity index (χ0v) is 14.3. The van der Waals surface area contributed by atoms with Crippen LogP contribution in [0.25, 0.3) is 0 Å². The molecule has 0 aromatic heterocycles. The SMILES string of the molecule is Cc1ccc(OCC(=O)N2CCN(S(C)(=O)=O)CC2)c([N+](=O)[O-])c1. The lowest BCUT2D eigenvalue weighted by Gasteiger charge is -2.33. The van der Waals surface area contributed by atoms with Gasteiger partial charge in [-0.25, -0.2) is 8.42 Å². The maximum absolute atomic E-state index is 12.1. The molecule has 0 bridgehead atoms. The molecule has 1 aliphatic rings. The summed E-state index contributed by atoms with van der Waals surface area (Å²) in [7, 11) is -3.26. The highest BCUT2D eigenvalue weighted by Gasteiger charge is 2.26. The van der Waals surface area contributed by atoms with Crippen molar-refractivity contribution in [3.8, 4) is 5.75 Å². The van der Waals surface area contributed by atoms with Crippen LogP contribution in [0.15, 0.2) is 18.2 Å². The molecule has 10 heteroatoms. The van der Waals surface area contributed by atoms with Gasteiger partial charge in [0.25, 0.3) is 5.91 Å². The number of hydrogen-bond donors (Lipinski definition) is 0. The van der Waals surface area contributed by atoms with E-state index in [2.05, 4.69) is 0 Å². The van der Waals surface area contributed by atoms with Crippen LogP contribution in [0.5, 0.6) is 5.75 Å². The largest absolute Gasteiger partial charge is 0.477 e. The number of sulfonamides is 1. The monoisotopic (exact) mass is 357 g/mol. The van der Waals surface area contributed by atoms with Crippen LogP contribution >= 0.6 is 0 Å². The van der Waals surface area contributed by atoms with Crippen molar-refractivity contribution in [1.29, 1.82) is 0 Å². The highest BCUT2D eigenvalue weighted by molar-refractivity contribution is 7.88. The molecule has 0 atom stereocenters. The Balaban J connectivity index is 1.94. The van der Waals surface area contributed by atoms with Crippen LogP contribution in [0, 0.1) is 17.0 Å². The van der Waals surface area contributed by atoms with Crippen LogP contribution in [0.1, 0.15) is 5.56 Å². The van der Waals surface area contributed by atoms with Gasteiger partial charge in [0.2, 0.25) is 10.0 Å². The number of carbonyl (C=O) groups is 1. The summed E-state index contributed by atoms with van der Waals surface area (Å²) in [6, 6.07) is 4.50. The summed E-state index contributed by atoms with van der Waals surface area (Å²) < 4.78 is 29.5. The summed E-state index contributed by atoms with van der Waals surface area (Å²) in [5.74, 6) is -0.299. The lowest BCUT2D eigenvalue weighted by molar-refractivity contribution is -0.385. The molecule has 1 fully saturated rings. The van der Waals surface area contributed by atoms with Gasteiger partial charge in [0.1, 0.15) is 0 Å². The van der Waals surface area contributed by atoms with Gasteiger partial charge in [0.15, 0.2) is 12.4 Å². The fraction of sp³-hybridized carbons (Fsp3) is 0.500. The van der Waals surface area contributed by atoms with E-state index in [1.54, 1.807) is 13.0 Å². The molecule has 0 saturated carbocycles. The summed E-state index contributed by atoms with van der Waals surface area (Å²) >= 11 is 0.